The summed E-state index contributed by atoms with van der Waals surface area (Å²) in [5.41, 5.74) is 1.24. The fourth-order valence-corrected chi connectivity index (χ4v) is 5.20. The molecule has 34 heavy (non-hydrogen) atoms. The van der Waals surface area contributed by atoms with Crippen molar-refractivity contribution in [3.63, 3.8) is 0 Å². The number of ether oxygens (including phenoxy) is 2. The van der Waals surface area contributed by atoms with Crippen molar-refractivity contribution in [1.29, 1.82) is 0 Å². The number of carbonyl (C=O) groups is 3. The highest BCUT2D eigenvalue weighted by Gasteiger charge is 2.29. The normalized spacial score (nSPS) is 14.6. The van der Waals surface area contributed by atoms with Gasteiger partial charge in [-0.15, -0.1) is 11.3 Å². The lowest BCUT2D eigenvalue weighted by Crippen LogP contribution is -2.22. The van der Waals surface area contributed by atoms with E-state index in [0.717, 1.165) is 35.8 Å². The van der Waals surface area contributed by atoms with Crippen LogP contribution in [0, 0.1) is 16.0 Å². The lowest BCUT2D eigenvalue weighted by molar-refractivity contribution is -0.384. The second kappa shape index (κ2) is 11.1. The van der Waals surface area contributed by atoms with Crippen molar-refractivity contribution in [2.24, 2.45) is 5.92 Å². The quantitative estimate of drug-likeness (QED) is 0.304. The zero-order valence-electron chi connectivity index (χ0n) is 19.3. The molecule has 1 atom stereocenters. The van der Waals surface area contributed by atoms with Crippen LogP contribution in [0.1, 0.15) is 58.3 Å². The first-order chi connectivity index (χ1) is 16.2. The average molecular weight is 490 g/mol. The number of hydrogen-bond acceptors (Lipinski definition) is 9. The minimum Gasteiger partial charge on any atom is -0.462 e. The number of nitro groups is 1. The molecule has 2 N–H and O–H groups in total. The summed E-state index contributed by atoms with van der Waals surface area (Å²) in [6, 6.07) is 3.91. The summed E-state index contributed by atoms with van der Waals surface area (Å²) >= 11 is 1.34. The predicted octanol–water partition coefficient (Wildman–Crippen LogP) is 4.19. The van der Waals surface area contributed by atoms with Gasteiger partial charge in [-0.3, -0.25) is 14.9 Å². The van der Waals surface area contributed by atoms with Crippen LogP contribution < -0.4 is 10.6 Å². The van der Waals surface area contributed by atoms with E-state index >= 15 is 0 Å². The molecule has 1 aliphatic carbocycles. The van der Waals surface area contributed by atoms with Gasteiger partial charge in [0.05, 0.1) is 22.7 Å². The molecule has 1 amide bonds. The number of nitro benzene ring substituents is 1. The van der Waals surface area contributed by atoms with E-state index in [4.69, 9.17) is 9.47 Å². The molecule has 1 heterocycles. The molecule has 1 aliphatic rings. The van der Waals surface area contributed by atoms with Crippen molar-refractivity contribution in [3.05, 3.63) is 49.9 Å². The van der Waals surface area contributed by atoms with Crippen molar-refractivity contribution >= 4 is 45.6 Å². The van der Waals surface area contributed by atoms with Crippen molar-refractivity contribution in [1.82, 2.24) is 0 Å². The zero-order chi connectivity index (χ0) is 24.8. The van der Waals surface area contributed by atoms with Gasteiger partial charge in [0.25, 0.3) is 11.6 Å². The molecule has 0 saturated carbocycles. The maximum Gasteiger partial charge on any atom is 0.341 e. The van der Waals surface area contributed by atoms with Crippen molar-refractivity contribution in [2.45, 2.75) is 40.0 Å². The van der Waals surface area contributed by atoms with Crippen molar-refractivity contribution in [3.8, 4) is 0 Å². The van der Waals surface area contributed by atoms with Crippen LogP contribution in [0.3, 0.4) is 0 Å². The monoisotopic (exact) mass is 489 g/mol. The van der Waals surface area contributed by atoms with Crippen LogP contribution in [0.5, 0.6) is 0 Å². The third-order valence-corrected chi connectivity index (χ3v) is 6.55. The van der Waals surface area contributed by atoms with Gasteiger partial charge < -0.3 is 20.1 Å². The van der Waals surface area contributed by atoms with Gasteiger partial charge in [0.15, 0.2) is 6.61 Å². The lowest BCUT2D eigenvalue weighted by atomic mass is 9.88. The Labute approximate surface area is 200 Å². The molecule has 0 unspecified atom stereocenters. The molecule has 3 rings (SSSR count). The van der Waals surface area contributed by atoms with Crippen LogP contribution in [0.15, 0.2) is 18.2 Å². The van der Waals surface area contributed by atoms with Gasteiger partial charge >= 0.3 is 11.9 Å². The molecule has 0 radical (unpaired) electrons. The van der Waals surface area contributed by atoms with E-state index in [1.165, 1.54) is 23.5 Å². The minimum absolute atomic E-state index is 0.0473. The van der Waals surface area contributed by atoms with E-state index in [-0.39, 0.29) is 23.5 Å². The average Bonchev–Trinajstić information content (AvgIpc) is 3.14. The Morgan fingerprint density at radius 2 is 1.97 bits per heavy atom. The summed E-state index contributed by atoms with van der Waals surface area (Å²) in [6.45, 7) is 5.73. The number of benzene rings is 1. The van der Waals surface area contributed by atoms with E-state index in [2.05, 4.69) is 17.6 Å². The Morgan fingerprint density at radius 3 is 2.65 bits per heavy atom. The number of rotatable bonds is 9. The predicted molar refractivity (Wildman–Crippen MR) is 128 cm³/mol. The third kappa shape index (κ3) is 5.71. The summed E-state index contributed by atoms with van der Waals surface area (Å²) in [5, 5.41) is 17.2. The number of anilines is 2. The zero-order valence-corrected chi connectivity index (χ0v) is 20.1. The van der Waals surface area contributed by atoms with Gasteiger partial charge in [0.1, 0.15) is 10.7 Å². The van der Waals surface area contributed by atoms with E-state index in [1.807, 2.05) is 0 Å². The van der Waals surface area contributed by atoms with Gasteiger partial charge in [0.2, 0.25) is 0 Å². The SMILES string of the molecule is CCNc1ccc(C(=O)OCC(=O)Nc2sc3c(c2C(=O)OCC)CC[C@H](C)C3)cc1[N+](=O)[O-]. The summed E-state index contributed by atoms with van der Waals surface area (Å²) in [6.07, 6.45) is 2.49. The molecule has 0 aliphatic heterocycles. The Kier molecular flexibility index (Phi) is 8.21. The largest absolute Gasteiger partial charge is 0.462 e. The van der Waals surface area contributed by atoms with Crippen LogP contribution >= 0.6 is 11.3 Å². The first-order valence-electron chi connectivity index (χ1n) is 11.1. The molecule has 0 bridgehead atoms. The van der Waals surface area contributed by atoms with Crippen LogP contribution in [-0.2, 0) is 27.1 Å². The van der Waals surface area contributed by atoms with Gasteiger partial charge in [-0.2, -0.15) is 0 Å². The summed E-state index contributed by atoms with van der Waals surface area (Å²) in [4.78, 5) is 49.2. The number of amides is 1. The summed E-state index contributed by atoms with van der Waals surface area (Å²) in [5.74, 6) is -1.50. The molecule has 0 fully saturated rings. The molecule has 1 aromatic heterocycles. The Hall–Kier alpha value is -3.47. The van der Waals surface area contributed by atoms with Crippen molar-refractivity contribution in [2.75, 3.05) is 30.4 Å². The molecule has 11 heteroatoms. The fraction of sp³-hybridized carbons (Fsp3) is 0.435. The second-order valence-electron chi connectivity index (χ2n) is 7.92. The molecular formula is C23H27N3O7S. The topological polar surface area (TPSA) is 137 Å². The molecule has 0 saturated heterocycles. The van der Waals surface area contributed by atoms with Gasteiger partial charge in [-0.1, -0.05) is 6.92 Å². The van der Waals surface area contributed by atoms with Crippen molar-refractivity contribution < 1.29 is 28.8 Å². The van der Waals surface area contributed by atoms with Crippen LogP contribution in [0.25, 0.3) is 0 Å². The van der Waals surface area contributed by atoms with Crippen LogP contribution in [0.4, 0.5) is 16.4 Å². The maximum absolute atomic E-state index is 12.6. The molecule has 0 spiro atoms. The van der Waals surface area contributed by atoms with E-state index in [0.29, 0.717) is 23.0 Å². The number of esters is 2. The lowest BCUT2D eigenvalue weighted by Gasteiger charge is -2.18. The van der Waals surface area contributed by atoms with Crippen LogP contribution in [0.2, 0.25) is 0 Å². The Morgan fingerprint density at radius 1 is 1.21 bits per heavy atom. The standard InChI is InChI=1S/C23H27N3O7S/c1-4-24-16-9-7-14(11-17(16)26(30)31)22(28)33-12-19(27)25-21-20(23(29)32-5-2)15-8-6-13(3)10-18(15)34-21/h7,9,11,13,24H,4-6,8,10,12H2,1-3H3,(H,25,27)/t13-/m0/s1. The second-order valence-corrected chi connectivity index (χ2v) is 9.03. The van der Waals surface area contributed by atoms with Gasteiger partial charge in [0, 0.05) is 17.5 Å². The van der Waals surface area contributed by atoms with E-state index in [1.54, 1.807) is 13.8 Å². The van der Waals surface area contributed by atoms with Gasteiger partial charge in [-0.25, -0.2) is 9.59 Å². The third-order valence-electron chi connectivity index (χ3n) is 5.38. The molecular weight excluding hydrogens is 462 g/mol. The smallest absolute Gasteiger partial charge is 0.341 e. The maximum atomic E-state index is 12.6. The highest BCUT2D eigenvalue weighted by molar-refractivity contribution is 7.17. The number of hydrogen-bond donors (Lipinski definition) is 2. The van der Waals surface area contributed by atoms with Gasteiger partial charge in [-0.05, 0) is 56.7 Å². The number of nitrogens with one attached hydrogen (secondary N) is 2. The van der Waals surface area contributed by atoms with Crippen LogP contribution in [-0.4, -0.2) is 42.5 Å². The fourth-order valence-electron chi connectivity index (χ4n) is 3.78. The molecule has 182 valence electrons. The number of fused-ring (bicyclic) bond motifs is 1. The number of carbonyl (C=O) groups excluding carboxylic acids is 3. The Balaban J connectivity index is 1.71. The number of thiophene rings is 1. The highest BCUT2D eigenvalue weighted by atomic mass is 32.1. The van der Waals surface area contributed by atoms with E-state index in [9.17, 15) is 24.5 Å². The first kappa shape index (κ1) is 25.2. The van der Waals surface area contributed by atoms with E-state index < -0.39 is 29.4 Å². The highest BCUT2D eigenvalue weighted by Crippen LogP contribution is 2.40. The Bertz CT molecular complexity index is 1110. The number of nitrogens with zero attached hydrogens (tertiary/aromatic N) is 1. The minimum atomic E-state index is -0.869. The first-order valence-corrected chi connectivity index (χ1v) is 11.9. The summed E-state index contributed by atoms with van der Waals surface area (Å²) in [7, 11) is 0. The molecule has 2 aromatic rings. The molecule has 10 nitrogen and oxygen atoms in total. The molecule has 1 aromatic carbocycles. The summed E-state index contributed by atoms with van der Waals surface area (Å²) < 4.78 is 10.2.